The fourth-order valence-corrected chi connectivity index (χ4v) is 2.52. The number of nitriles is 1. The minimum absolute atomic E-state index is 0.000370. The number of quaternary nitrogens is 1. The van der Waals surface area contributed by atoms with E-state index in [-0.39, 0.29) is 5.91 Å². The normalized spacial score (nSPS) is 16.4. The van der Waals surface area contributed by atoms with Crippen LogP contribution in [0.4, 0.5) is 5.69 Å². The van der Waals surface area contributed by atoms with E-state index in [1.54, 1.807) is 18.2 Å². The van der Waals surface area contributed by atoms with Crippen molar-refractivity contribution in [1.29, 1.82) is 5.26 Å². The van der Waals surface area contributed by atoms with E-state index >= 15 is 0 Å². The summed E-state index contributed by atoms with van der Waals surface area (Å²) in [5.74, 6) is -0.000370. The average Bonchev–Trinajstić information content (AvgIpc) is 2.68. The molecule has 1 aromatic rings. The van der Waals surface area contributed by atoms with Crippen molar-refractivity contribution >= 4 is 11.6 Å². The van der Waals surface area contributed by atoms with Gasteiger partial charge in [-0.3, -0.25) is 4.79 Å². The summed E-state index contributed by atoms with van der Waals surface area (Å²) in [7, 11) is 0. The second-order valence-corrected chi connectivity index (χ2v) is 5.05. The van der Waals surface area contributed by atoms with Gasteiger partial charge in [-0.15, -0.1) is 0 Å². The van der Waals surface area contributed by atoms with Gasteiger partial charge in [0.1, 0.15) is 6.07 Å². The summed E-state index contributed by atoms with van der Waals surface area (Å²) >= 11 is 0. The number of anilines is 1. The van der Waals surface area contributed by atoms with E-state index in [9.17, 15) is 4.79 Å². The van der Waals surface area contributed by atoms with Crippen LogP contribution in [-0.4, -0.2) is 25.5 Å². The number of benzene rings is 1. The Kier molecular flexibility index (Phi) is 4.93. The first-order chi connectivity index (χ1) is 9.29. The molecule has 19 heavy (non-hydrogen) atoms. The molecule has 4 nitrogen and oxygen atoms in total. The first kappa shape index (κ1) is 13.6. The predicted octanol–water partition coefficient (Wildman–Crippen LogP) is 0.956. The molecule has 1 aliphatic rings. The van der Waals surface area contributed by atoms with Crippen LogP contribution < -0.4 is 10.2 Å². The van der Waals surface area contributed by atoms with Gasteiger partial charge in [0, 0.05) is 0 Å². The van der Waals surface area contributed by atoms with Crippen molar-refractivity contribution in [2.75, 3.05) is 25.0 Å². The van der Waals surface area contributed by atoms with Gasteiger partial charge in [-0.25, -0.2) is 0 Å². The number of nitrogens with one attached hydrogen (secondary N) is 2. The van der Waals surface area contributed by atoms with E-state index in [0.29, 0.717) is 17.8 Å². The first-order valence-corrected chi connectivity index (χ1v) is 6.92. The van der Waals surface area contributed by atoms with E-state index in [1.165, 1.54) is 30.6 Å². The second kappa shape index (κ2) is 6.91. The van der Waals surface area contributed by atoms with Gasteiger partial charge >= 0.3 is 0 Å². The second-order valence-electron chi connectivity index (χ2n) is 5.05. The van der Waals surface area contributed by atoms with Crippen LogP contribution in [0.2, 0.25) is 0 Å². The molecule has 2 N–H and O–H groups in total. The van der Waals surface area contributed by atoms with Crippen LogP contribution in [-0.2, 0) is 4.79 Å². The fourth-order valence-electron chi connectivity index (χ4n) is 2.52. The molecule has 1 saturated heterocycles. The molecule has 1 amide bonds. The van der Waals surface area contributed by atoms with Crippen molar-refractivity contribution in [1.82, 2.24) is 0 Å². The minimum Gasteiger partial charge on any atom is -0.327 e. The highest BCUT2D eigenvalue weighted by atomic mass is 16.2. The zero-order chi connectivity index (χ0) is 13.5. The molecule has 0 saturated carbocycles. The van der Waals surface area contributed by atoms with Gasteiger partial charge in [0.2, 0.25) is 0 Å². The third-order valence-electron chi connectivity index (χ3n) is 3.54. The number of carbonyl (C=O) groups is 1. The summed E-state index contributed by atoms with van der Waals surface area (Å²) in [5.41, 5.74) is 1.13. The van der Waals surface area contributed by atoms with Crippen molar-refractivity contribution in [3.63, 3.8) is 0 Å². The molecule has 2 rings (SSSR count). The molecule has 0 atom stereocenters. The number of carbonyl (C=O) groups excluding carboxylic acids is 1. The SMILES string of the molecule is N#Cc1ccccc1NC(=O)C[NH+]1CCCCCC1. The molecule has 0 aromatic heterocycles. The van der Waals surface area contributed by atoms with Crippen LogP contribution in [0.25, 0.3) is 0 Å². The Morgan fingerprint density at radius 3 is 2.58 bits per heavy atom. The minimum atomic E-state index is -0.000370. The zero-order valence-corrected chi connectivity index (χ0v) is 11.1. The third kappa shape index (κ3) is 4.08. The summed E-state index contributed by atoms with van der Waals surface area (Å²) in [4.78, 5) is 13.4. The Balaban J connectivity index is 1.92. The van der Waals surface area contributed by atoms with E-state index in [0.717, 1.165) is 13.1 Å². The lowest BCUT2D eigenvalue weighted by Crippen LogP contribution is -3.12. The van der Waals surface area contributed by atoms with E-state index in [2.05, 4.69) is 11.4 Å². The van der Waals surface area contributed by atoms with Crippen molar-refractivity contribution in [3.05, 3.63) is 29.8 Å². The Morgan fingerprint density at radius 2 is 1.89 bits per heavy atom. The molecular weight excluding hydrogens is 238 g/mol. The molecular formula is C15H20N3O+. The fraction of sp³-hybridized carbons (Fsp3) is 0.467. The van der Waals surface area contributed by atoms with E-state index < -0.39 is 0 Å². The smallest absolute Gasteiger partial charge is 0.279 e. The molecule has 4 heteroatoms. The monoisotopic (exact) mass is 258 g/mol. The maximum Gasteiger partial charge on any atom is 0.279 e. The van der Waals surface area contributed by atoms with Gasteiger partial charge in [0.25, 0.3) is 5.91 Å². The van der Waals surface area contributed by atoms with Gasteiger partial charge in [-0.2, -0.15) is 5.26 Å². The lowest BCUT2D eigenvalue weighted by Gasteiger charge is -2.16. The molecule has 0 unspecified atom stereocenters. The first-order valence-electron chi connectivity index (χ1n) is 6.92. The highest BCUT2D eigenvalue weighted by Crippen LogP contribution is 2.12. The lowest BCUT2D eigenvalue weighted by atomic mass is 10.2. The quantitative estimate of drug-likeness (QED) is 0.848. The Bertz CT molecular complexity index is 471. The number of rotatable bonds is 3. The number of hydrogen-bond acceptors (Lipinski definition) is 2. The standard InChI is InChI=1S/C15H19N3O/c16-11-13-7-3-4-8-14(13)17-15(19)12-18-9-5-1-2-6-10-18/h3-4,7-8H,1-2,5-6,9-10,12H2,(H,17,19)/p+1. The number of likely N-dealkylation sites (tertiary alicyclic amines) is 1. The summed E-state index contributed by atoms with van der Waals surface area (Å²) in [6, 6.07) is 9.21. The van der Waals surface area contributed by atoms with Crippen molar-refractivity contribution < 1.29 is 9.69 Å². The summed E-state index contributed by atoms with van der Waals surface area (Å²) in [5, 5.41) is 11.8. The van der Waals surface area contributed by atoms with Gasteiger partial charge in [-0.1, -0.05) is 12.1 Å². The topological polar surface area (TPSA) is 57.3 Å². The summed E-state index contributed by atoms with van der Waals surface area (Å²) < 4.78 is 0. The Labute approximate surface area is 114 Å². The van der Waals surface area contributed by atoms with E-state index in [1.807, 2.05) is 6.07 Å². The Morgan fingerprint density at radius 1 is 1.21 bits per heavy atom. The highest BCUT2D eigenvalue weighted by Gasteiger charge is 2.16. The largest absolute Gasteiger partial charge is 0.327 e. The van der Waals surface area contributed by atoms with Crippen molar-refractivity contribution in [2.45, 2.75) is 25.7 Å². The molecule has 1 fully saturated rings. The van der Waals surface area contributed by atoms with Crippen LogP contribution in [0.5, 0.6) is 0 Å². The molecule has 0 bridgehead atoms. The molecule has 1 aliphatic heterocycles. The number of para-hydroxylation sites is 1. The summed E-state index contributed by atoms with van der Waals surface area (Å²) in [6.07, 6.45) is 4.97. The van der Waals surface area contributed by atoms with Gasteiger partial charge in [0.05, 0.1) is 24.3 Å². The molecule has 100 valence electrons. The van der Waals surface area contributed by atoms with Crippen LogP contribution in [0.1, 0.15) is 31.2 Å². The molecule has 0 aliphatic carbocycles. The van der Waals surface area contributed by atoms with Crippen LogP contribution in [0.15, 0.2) is 24.3 Å². The van der Waals surface area contributed by atoms with Crippen LogP contribution in [0.3, 0.4) is 0 Å². The van der Waals surface area contributed by atoms with E-state index in [4.69, 9.17) is 5.26 Å². The average molecular weight is 258 g/mol. The van der Waals surface area contributed by atoms with Crippen molar-refractivity contribution in [2.24, 2.45) is 0 Å². The number of amides is 1. The number of nitrogens with zero attached hydrogens (tertiary/aromatic N) is 1. The third-order valence-corrected chi connectivity index (χ3v) is 3.54. The predicted molar refractivity (Wildman–Crippen MR) is 73.8 cm³/mol. The summed E-state index contributed by atoms with van der Waals surface area (Å²) in [6.45, 7) is 2.65. The van der Waals surface area contributed by atoms with Gasteiger partial charge < -0.3 is 10.2 Å². The van der Waals surface area contributed by atoms with Crippen molar-refractivity contribution in [3.8, 4) is 6.07 Å². The number of hydrogen-bond donors (Lipinski definition) is 2. The molecule has 1 heterocycles. The zero-order valence-electron chi connectivity index (χ0n) is 11.1. The highest BCUT2D eigenvalue weighted by molar-refractivity contribution is 5.92. The Hall–Kier alpha value is -1.86. The molecule has 0 spiro atoms. The maximum absolute atomic E-state index is 12.0. The van der Waals surface area contributed by atoms with Crippen LogP contribution in [0, 0.1) is 11.3 Å². The van der Waals surface area contributed by atoms with Gasteiger partial charge in [0.15, 0.2) is 6.54 Å². The molecule has 0 radical (unpaired) electrons. The maximum atomic E-state index is 12.0. The lowest BCUT2D eigenvalue weighted by molar-refractivity contribution is -0.890. The molecule has 1 aromatic carbocycles. The van der Waals surface area contributed by atoms with Crippen LogP contribution >= 0.6 is 0 Å². The van der Waals surface area contributed by atoms with Gasteiger partial charge in [-0.05, 0) is 37.8 Å².